The van der Waals surface area contributed by atoms with E-state index in [0.29, 0.717) is 24.4 Å². The molecule has 3 rings (SSSR count). The van der Waals surface area contributed by atoms with Crippen LogP contribution in [-0.2, 0) is 14.4 Å². The van der Waals surface area contributed by atoms with Gasteiger partial charge in [-0.05, 0) is 31.4 Å². The van der Waals surface area contributed by atoms with Crippen LogP contribution in [0.2, 0.25) is 0 Å². The average Bonchev–Trinajstić information content (AvgIpc) is 2.48. The number of Topliss-reactive ketones (excluding diaryl/α,β-unsaturated/α-hetero) is 1. The molecule has 6 heteroatoms. The molecule has 0 saturated heterocycles. The minimum absolute atomic E-state index is 0.321. The Balaban J connectivity index is 1.81. The highest BCUT2D eigenvalue weighted by atomic mass is 16.2. The molecule has 1 aliphatic carbocycles. The van der Waals surface area contributed by atoms with E-state index in [4.69, 9.17) is 0 Å². The first-order chi connectivity index (χ1) is 10.2. The number of ketones is 1. The maximum Gasteiger partial charge on any atom is 0.265 e. The van der Waals surface area contributed by atoms with Gasteiger partial charge in [0.05, 0.1) is 5.92 Å². The molecule has 1 aromatic rings. The molecule has 1 fully saturated rings. The van der Waals surface area contributed by atoms with Crippen molar-refractivity contribution in [2.24, 2.45) is 16.8 Å². The number of carbonyl (C=O) groups is 3. The number of hydrogen-bond acceptors (Lipinski definition) is 4. The highest BCUT2D eigenvalue weighted by Gasteiger charge is 2.44. The fourth-order valence-corrected chi connectivity index (χ4v) is 2.84. The lowest BCUT2D eigenvalue weighted by atomic mass is 9.77. The minimum Gasteiger partial charge on any atom is -0.310 e. The molecule has 6 nitrogen and oxygen atoms in total. The van der Waals surface area contributed by atoms with Crippen LogP contribution in [0.4, 0.5) is 5.82 Å². The fraction of sp³-hybridized carbons (Fsp3) is 0.400. The Morgan fingerprint density at radius 3 is 2.86 bits per heavy atom. The molecule has 2 atom stereocenters. The molecule has 1 N–H and O–H groups in total. The molecule has 2 aliphatic rings. The molecule has 0 bridgehead atoms. The number of aromatic nitrogens is 1. The van der Waals surface area contributed by atoms with Gasteiger partial charge in [-0.25, -0.2) is 9.98 Å². The molecule has 1 saturated carbocycles. The number of nitrogens with zero attached hydrogens (tertiary/aromatic N) is 2. The van der Waals surface area contributed by atoms with Gasteiger partial charge in [0.15, 0.2) is 11.7 Å². The predicted molar refractivity (Wildman–Crippen MR) is 75.8 cm³/mol. The number of anilines is 1. The van der Waals surface area contributed by atoms with Gasteiger partial charge in [0.25, 0.3) is 5.91 Å². The number of carbonyl (C=O) groups excluding carboxylic acids is 3. The molecule has 1 aliphatic heterocycles. The Morgan fingerprint density at radius 2 is 2.10 bits per heavy atom. The quantitative estimate of drug-likeness (QED) is 0.831. The molecule has 1 aromatic heterocycles. The lowest BCUT2D eigenvalue weighted by molar-refractivity contribution is -0.140. The average molecular weight is 285 g/mol. The van der Waals surface area contributed by atoms with Gasteiger partial charge < -0.3 is 5.32 Å². The van der Waals surface area contributed by atoms with Gasteiger partial charge in [0.2, 0.25) is 5.91 Å². The number of aliphatic imine (C=N–C) groups is 1. The first kappa shape index (κ1) is 13.6. The predicted octanol–water partition coefficient (Wildman–Crippen LogP) is 1.38. The van der Waals surface area contributed by atoms with Gasteiger partial charge in [-0.2, -0.15) is 0 Å². The molecule has 2 amide bonds. The number of hydrogen-bond donors (Lipinski definition) is 1. The fourth-order valence-electron chi connectivity index (χ4n) is 2.84. The van der Waals surface area contributed by atoms with Gasteiger partial charge >= 0.3 is 0 Å². The summed E-state index contributed by atoms with van der Waals surface area (Å²) < 4.78 is 0. The van der Waals surface area contributed by atoms with Crippen molar-refractivity contribution < 1.29 is 14.4 Å². The number of fused-ring (bicyclic) bond motifs is 1. The van der Waals surface area contributed by atoms with Crippen LogP contribution >= 0.6 is 0 Å². The van der Waals surface area contributed by atoms with E-state index in [1.807, 2.05) is 0 Å². The zero-order valence-corrected chi connectivity index (χ0v) is 11.4. The smallest absolute Gasteiger partial charge is 0.265 e. The zero-order chi connectivity index (χ0) is 14.8. The third kappa shape index (κ3) is 2.61. The highest BCUT2D eigenvalue weighted by molar-refractivity contribution is 6.30. The van der Waals surface area contributed by atoms with Crippen LogP contribution in [-0.4, -0.2) is 28.3 Å². The summed E-state index contributed by atoms with van der Waals surface area (Å²) in [4.78, 5) is 44.6. The molecular weight excluding hydrogens is 270 g/mol. The van der Waals surface area contributed by atoms with E-state index in [1.165, 1.54) is 6.20 Å². The molecule has 2 unspecified atom stereocenters. The van der Waals surface area contributed by atoms with E-state index in [0.717, 1.165) is 12.8 Å². The van der Waals surface area contributed by atoms with E-state index in [2.05, 4.69) is 15.3 Å². The number of pyridine rings is 1. The Hall–Kier alpha value is -2.37. The summed E-state index contributed by atoms with van der Waals surface area (Å²) >= 11 is 0. The number of amides is 2. The molecule has 0 aromatic carbocycles. The largest absolute Gasteiger partial charge is 0.310 e. The number of rotatable bonds is 2. The van der Waals surface area contributed by atoms with Crippen LogP contribution in [0.15, 0.2) is 29.4 Å². The van der Waals surface area contributed by atoms with Crippen LogP contribution in [0.25, 0.3) is 0 Å². The van der Waals surface area contributed by atoms with E-state index >= 15 is 0 Å². The molecular formula is C15H15N3O3. The molecule has 0 radical (unpaired) electrons. The number of nitrogens with one attached hydrogen (secondary N) is 1. The van der Waals surface area contributed by atoms with E-state index < -0.39 is 17.7 Å². The van der Waals surface area contributed by atoms with Crippen molar-refractivity contribution in [2.75, 3.05) is 5.32 Å². The van der Waals surface area contributed by atoms with Crippen LogP contribution in [0.5, 0.6) is 0 Å². The maximum absolute atomic E-state index is 12.4. The highest BCUT2D eigenvalue weighted by Crippen LogP contribution is 2.29. The second-order valence-corrected chi connectivity index (χ2v) is 5.28. The van der Waals surface area contributed by atoms with Gasteiger partial charge in [0.1, 0.15) is 5.82 Å². The van der Waals surface area contributed by atoms with Crippen LogP contribution in [0, 0.1) is 11.8 Å². The van der Waals surface area contributed by atoms with Gasteiger partial charge in [-0.1, -0.05) is 12.5 Å². The van der Waals surface area contributed by atoms with Gasteiger partial charge in [0, 0.05) is 11.9 Å². The Morgan fingerprint density at radius 1 is 1.24 bits per heavy atom. The minimum atomic E-state index is -1.33. The first-order valence-electron chi connectivity index (χ1n) is 7.04. The lowest BCUT2D eigenvalue weighted by Gasteiger charge is -2.29. The molecule has 108 valence electrons. The third-order valence-corrected chi connectivity index (χ3v) is 3.89. The second kappa shape index (κ2) is 5.55. The second-order valence-electron chi connectivity index (χ2n) is 5.28. The SMILES string of the molecule is O=C1N=C2CCCCC2C(=O)C1C(=O)Nc1ccccn1. The van der Waals surface area contributed by atoms with Crippen molar-refractivity contribution in [1.82, 2.24) is 4.98 Å². The van der Waals surface area contributed by atoms with Gasteiger partial charge in [-0.3, -0.25) is 14.4 Å². The van der Waals surface area contributed by atoms with Crippen molar-refractivity contribution in [3.8, 4) is 0 Å². The third-order valence-electron chi connectivity index (χ3n) is 3.89. The Bertz CT molecular complexity index is 624. The molecule has 2 heterocycles. The summed E-state index contributed by atoms with van der Waals surface area (Å²) in [5.41, 5.74) is 0.651. The van der Waals surface area contributed by atoms with Crippen molar-refractivity contribution in [3.05, 3.63) is 24.4 Å². The first-order valence-corrected chi connectivity index (χ1v) is 7.04. The van der Waals surface area contributed by atoms with E-state index in [1.54, 1.807) is 18.2 Å². The topological polar surface area (TPSA) is 88.5 Å². The normalized spacial score (nSPS) is 25.0. The van der Waals surface area contributed by atoms with Crippen molar-refractivity contribution in [1.29, 1.82) is 0 Å². The van der Waals surface area contributed by atoms with Crippen LogP contribution in [0.1, 0.15) is 25.7 Å². The van der Waals surface area contributed by atoms with Gasteiger partial charge in [-0.15, -0.1) is 0 Å². The monoisotopic (exact) mass is 285 g/mol. The van der Waals surface area contributed by atoms with Crippen LogP contribution < -0.4 is 5.32 Å². The van der Waals surface area contributed by atoms with E-state index in [-0.39, 0.29) is 11.7 Å². The zero-order valence-electron chi connectivity index (χ0n) is 11.4. The summed E-state index contributed by atoms with van der Waals surface area (Å²) in [7, 11) is 0. The standard InChI is InChI=1S/C15H15N3O3/c19-13-9-5-1-2-6-10(9)17-14(20)12(13)15(21)18-11-7-3-4-8-16-11/h3-4,7-9,12H,1-2,5-6H2,(H,16,18,21). The Kier molecular flexibility index (Phi) is 3.60. The molecule has 21 heavy (non-hydrogen) atoms. The summed E-state index contributed by atoms with van der Waals surface area (Å²) in [6.07, 6.45) is 4.76. The summed E-state index contributed by atoms with van der Waals surface area (Å²) in [6.45, 7) is 0. The summed E-state index contributed by atoms with van der Waals surface area (Å²) in [6, 6.07) is 5.03. The maximum atomic E-state index is 12.4. The molecule has 0 spiro atoms. The van der Waals surface area contributed by atoms with Crippen molar-refractivity contribution in [2.45, 2.75) is 25.7 Å². The van der Waals surface area contributed by atoms with Crippen molar-refractivity contribution in [3.63, 3.8) is 0 Å². The van der Waals surface area contributed by atoms with E-state index in [9.17, 15) is 14.4 Å². The Labute approximate surface area is 121 Å². The summed E-state index contributed by atoms with van der Waals surface area (Å²) in [5, 5.41) is 2.51. The van der Waals surface area contributed by atoms with Crippen molar-refractivity contribution >= 4 is 29.1 Å². The lowest BCUT2D eigenvalue weighted by Crippen LogP contribution is -2.46. The summed E-state index contributed by atoms with van der Waals surface area (Å²) in [5.74, 6) is -2.99. The van der Waals surface area contributed by atoms with Crippen LogP contribution in [0.3, 0.4) is 0 Å².